The van der Waals surface area contributed by atoms with Gasteiger partial charge in [0.1, 0.15) is 11.9 Å². The van der Waals surface area contributed by atoms with Crippen molar-refractivity contribution >= 4 is 11.3 Å². The Hall–Kier alpha value is -1.70. The number of rotatable bonds is 4. The Labute approximate surface area is 103 Å². The van der Waals surface area contributed by atoms with Gasteiger partial charge >= 0.3 is 0 Å². The molecule has 0 fully saturated rings. The molecule has 0 amide bonds. The molecule has 86 valence electrons. The fraction of sp³-hybridized carbons (Fsp3) is 0.154. The van der Waals surface area contributed by atoms with Crippen molar-refractivity contribution in [1.82, 2.24) is 5.32 Å². The number of thiophene rings is 1. The first kappa shape index (κ1) is 11.8. The van der Waals surface area contributed by atoms with Gasteiger partial charge in [-0.15, -0.1) is 11.3 Å². The highest BCUT2D eigenvalue weighted by molar-refractivity contribution is 7.10. The molecule has 4 heteroatoms. The van der Waals surface area contributed by atoms with Gasteiger partial charge in [0.25, 0.3) is 0 Å². The van der Waals surface area contributed by atoms with Crippen LogP contribution in [0.1, 0.15) is 16.5 Å². The molecule has 0 saturated heterocycles. The largest absolute Gasteiger partial charge is 0.293 e. The van der Waals surface area contributed by atoms with Crippen LogP contribution in [0.25, 0.3) is 0 Å². The van der Waals surface area contributed by atoms with Crippen LogP contribution in [-0.4, -0.2) is 0 Å². The lowest BCUT2D eigenvalue weighted by Gasteiger charge is -2.10. The summed E-state index contributed by atoms with van der Waals surface area (Å²) in [6.07, 6.45) is 0. The van der Waals surface area contributed by atoms with Crippen LogP contribution in [0.15, 0.2) is 41.8 Å². The molecule has 1 atom stereocenters. The molecule has 1 N–H and O–H groups in total. The van der Waals surface area contributed by atoms with Crippen LogP contribution in [-0.2, 0) is 6.54 Å². The molecule has 1 aromatic heterocycles. The summed E-state index contributed by atoms with van der Waals surface area (Å²) in [6.45, 7) is 0.350. The summed E-state index contributed by atoms with van der Waals surface area (Å²) in [5.41, 5.74) is 0.573. The van der Waals surface area contributed by atoms with Crippen LogP contribution in [0.4, 0.5) is 4.39 Å². The van der Waals surface area contributed by atoms with Gasteiger partial charge < -0.3 is 0 Å². The average Bonchev–Trinajstić information content (AvgIpc) is 2.86. The number of nitrogens with zero attached hydrogens (tertiary/aromatic N) is 1. The molecule has 17 heavy (non-hydrogen) atoms. The maximum atomic E-state index is 13.4. The highest BCUT2D eigenvalue weighted by Gasteiger charge is 2.11. The first-order valence-electron chi connectivity index (χ1n) is 5.21. The van der Waals surface area contributed by atoms with Crippen molar-refractivity contribution < 1.29 is 4.39 Å². The number of benzene rings is 1. The number of nitriles is 1. The van der Waals surface area contributed by atoms with Crippen LogP contribution in [0.5, 0.6) is 0 Å². The second-order valence-electron chi connectivity index (χ2n) is 3.55. The van der Waals surface area contributed by atoms with Gasteiger partial charge in [-0.3, -0.25) is 5.32 Å². The zero-order valence-electron chi connectivity index (χ0n) is 9.06. The third-order valence-electron chi connectivity index (χ3n) is 2.41. The molecule has 0 bridgehead atoms. The highest BCUT2D eigenvalue weighted by Crippen LogP contribution is 2.19. The lowest BCUT2D eigenvalue weighted by Crippen LogP contribution is -2.19. The van der Waals surface area contributed by atoms with E-state index in [0.717, 1.165) is 4.88 Å². The molecule has 2 rings (SSSR count). The van der Waals surface area contributed by atoms with E-state index in [-0.39, 0.29) is 11.9 Å². The van der Waals surface area contributed by atoms with E-state index in [1.807, 2.05) is 17.5 Å². The van der Waals surface area contributed by atoms with Gasteiger partial charge in [0, 0.05) is 17.0 Å². The normalized spacial score (nSPS) is 12.0. The molecule has 0 saturated carbocycles. The van der Waals surface area contributed by atoms with E-state index in [4.69, 9.17) is 5.26 Å². The third kappa shape index (κ3) is 2.90. The van der Waals surface area contributed by atoms with Crippen molar-refractivity contribution in [3.8, 4) is 6.07 Å². The Bertz CT molecular complexity index is 516. The second kappa shape index (κ2) is 5.58. The van der Waals surface area contributed by atoms with Crippen molar-refractivity contribution in [1.29, 1.82) is 5.26 Å². The van der Waals surface area contributed by atoms with E-state index >= 15 is 0 Å². The van der Waals surface area contributed by atoms with Gasteiger partial charge in [0.2, 0.25) is 0 Å². The molecular weight excluding hydrogens is 235 g/mol. The van der Waals surface area contributed by atoms with E-state index in [9.17, 15) is 4.39 Å². The lowest BCUT2D eigenvalue weighted by atomic mass is 10.2. The van der Waals surface area contributed by atoms with Crippen LogP contribution < -0.4 is 5.32 Å². The zero-order chi connectivity index (χ0) is 12.1. The van der Waals surface area contributed by atoms with E-state index in [2.05, 4.69) is 11.4 Å². The van der Waals surface area contributed by atoms with Crippen LogP contribution in [0.3, 0.4) is 0 Å². The molecule has 0 radical (unpaired) electrons. The Balaban J connectivity index is 2.03. The monoisotopic (exact) mass is 246 g/mol. The highest BCUT2D eigenvalue weighted by atomic mass is 32.1. The van der Waals surface area contributed by atoms with Gasteiger partial charge in [0.05, 0.1) is 6.07 Å². The van der Waals surface area contributed by atoms with Gasteiger partial charge in [-0.05, 0) is 17.5 Å². The smallest absolute Gasteiger partial charge is 0.130 e. The van der Waals surface area contributed by atoms with Crippen molar-refractivity contribution in [2.75, 3.05) is 0 Å². The first-order valence-corrected chi connectivity index (χ1v) is 6.09. The maximum absolute atomic E-state index is 13.4. The van der Waals surface area contributed by atoms with Gasteiger partial charge in [-0.25, -0.2) is 4.39 Å². The molecule has 2 aromatic rings. The fourth-order valence-electron chi connectivity index (χ4n) is 1.52. The SMILES string of the molecule is N#CC(NCc1ccccc1F)c1cccs1. The van der Waals surface area contributed by atoms with E-state index in [1.165, 1.54) is 17.4 Å². The molecule has 1 unspecified atom stereocenters. The molecule has 1 heterocycles. The van der Waals surface area contributed by atoms with Crippen molar-refractivity contribution in [2.24, 2.45) is 0 Å². The van der Waals surface area contributed by atoms with Gasteiger partial charge in [-0.2, -0.15) is 5.26 Å². The standard InChI is InChI=1S/C13H11FN2S/c14-11-5-2-1-4-10(11)9-16-12(8-15)13-6-3-7-17-13/h1-7,12,16H,9H2. The summed E-state index contributed by atoms with van der Waals surface area (Å²) in [6, 6.07) is 12.2. The number of nitrogens with one attached hydrogen (secondary N) is 1. The van der Waals surface area contributed by atoms with Crippen molar-refractivity contribution in [3.63, 3.8) is 0 Å². The minimum absolute atomic E-state index is 0.247. The summed E-state index contributed by atoms with van der Waals surface area (Å²) in [5, 5.41) is 14.0. The summed E-state index contributed by atoms with van der Waals surface area (Å²) in [4.78, 5) is 0.948. The lowest BCUT2D eigenvalue weighted by molar-refractivity contribution is 0.574. The molecule has 0 aliphatic heterocycles. The van der Waals surface area contributed by atoms with Crippen LogP contribution in [0, 0.1) is 17.1 Å². The van der Waals surface area contributed by atoms with E-state index in [1.54, 1.807) is 18.2 Å². The van der Waals surface area contributed by atoms with Crippen molar-refractivity contribution in [2.45, 2.75) is 12.6 Å². The minimum atomic E-state index is -0.380. The Kier molecular flexibility index (Phi) is 3.86. The van der Waals surface area contributed by atoms with Gasteiger partial charge in [-0.1, -0.05) is 24.3 Å². The summed E-state index contributed by atoms with van der Waals surface area (Å²) < 4.78 is 13.4. The number of hydrogen-bond donors (Lipinski definition) is 1. The quantitative estimate of drug-likeness (QED) is 0.899. The predicted molar refractivity (Wildman–Crippen MR) is 65.9 cm³/mol. The zero-order valence-corrected chi connectivity index (χ0v) is 9.88. The van der Waals surface area contributed by atoms with Crippen LogP contribution >= 0.6 is 11.3 Å². The van der Waals surface area contributed by atoms with E-state index < -0.39 is 0 Å². The summed E-state index contributed by atoms with van der Waals surface area (Å²) in [7, 11) is 0. The molecule has 0 aliphatic carbocycles. The predicted octanol–water partition coefficient (Wildman–Crippen LogP) is 3.24. The van der Waals surface area contributed by atoms with Gasteiger partial charge in [0.15, 0.2) is 0 Å². The average molecular weight is 246 g/mol. The molecule has 1 aromatic carbocycles. The number of hydrogen-bond acceptors (Lipinski definition) is 3. The molecule has 0 spiro atoms. The number of halogens is 1. The third-order valence-corrected chi connectivity index (χ3v) is 3.35. The second-order valence-corrected chi connectivity index (χ2v) is 4.53. The Morgan fingerprint density at radius 1 is 1.29 bits per heavy atom. The topological polar surface area (TPSA) is 35.8 Å². The Morgan fingerprint density at radius 2 is 2.12 bits per heavy atom. The summed E-state index contributed by atoms with van der Waals surface area (Å²) >= 11 is 1.52. The molecular formula is C13H11FN2S. The van der Waals surface area contributed by atoms with Crippen molar-refractivity contribution in [3.05, 3.63) is 58.0 Å². The fourth-order valence-corrected chi connectivity index (χ4v) is 2.26. The maximum Gasteiger partial charge on any atom is 0.130 e. The minimum Gasteiger partial charge on any atom is -0.293 e. The first-order chi connectivity index (χ1) is 8.31. The molecule has 0 aliphatic rings. The van der Waals surface area contributed by atoms with E-state index in [0.29, 0.717) is 12.1 Å². The van der Waals surface area contributed by atoms with Crippen LogP contribution in [0.2, 0.25) is 0 Å². The molecule has 2 nitrogen and oxygen atoms in total. The summed E-state index contributed by atoms with van der Waals surface area (Å²) in [5.74, 6) is -0.247. The Morgan fingerprint density at radius 3 is 2.76 bits per heavy atom.